The molecule has 1 aromatic carbocycles. The maximum atomic E-state index is 13.3. The molecule has 6 heteroatoms. The van der Waals surface area contributed by atoms with E-state index >= 15 is 0 Å². The molecule has 1 saturated carbocycles. The van der Waals surface area contributed by atoms with Crippen LogP contribution in [0.4, 0.5) is 18.9 Å². The van der Waals surface area contributed by atoms with E-state index in [4.69, 9.17) is 0 Å². The zero-order chi connectivity index (χ0) is 14.0. The van der Waals surface area contributed by atoms with Crippen LogP contribution in [0.15, 0.2) is 12.1 Å². The van der Waals surface area contributed by atoms with Gasteiger partial charge in [0.2, 0.25) is 5.91 Å². The molecule has 1 amide bonds. The second-order valence-electron chi connectivity index (χ2n) is 4.78. The van der Waals surface area contributed by atoms with Crippen molar-refractivity contribution in [3.8, 4) is 0 Å². The largest absolute Gasteiger partial charge is 0.322 e. The van der Waals surface area contributed by atoms with Gasteiger partial charge < -0.3 is 10.6 Å². The summed E-state index contributed by atoms with van der Waals surface area (Å²) in [5.41, 5.74) is -0.357. The number of carbonyl (C=O) groups is 1. The van der Waals surface area contributed by atoms with Crippen LogP contribution in [0.3, 0.4) is 0 Å². The summed E-state index contributed by atoms with van der Waals surface area (Å²) in [6.45, 7) is 1.99. The maximum Gasteiger partial charge on any atom is 0.238 e. The summed E-state index contributed by atoms with van der Waals surface area (Å²) in [7, 11) is 0. The Morgan fingerprint density at radius 1 is 1.32 bits per heavy atom. The molecule has 1 unspecified atom stereocenters. The molecule has 0 bridgehead atoms. The topological polar surface area (TPSA) is 41.1 Å². The molecule has 19 heavy (non-hydrogen) atoms. The quantitative estimate of drug-likeness (QED) is 0.808. The number of hydrogen-bond donors (Lipinski definition) is 2. The van der Waals surface area contributed by atoms with E-state index in [1.54, 1.807) is 0 Å². The minimum absolute atomic E-state index is 0.0100. The number of rotatable bonds is 5. The molecule has 1 aromatic rings. The Kier molecular flexibility index (Phi) is 4.09. The Hall–Kier alpha value is -1.56. The molecule has 1 atom stereocenters. The molecule has 0 saturated heterocycles. The molecule has 1 aliphatic rings. The minimum atomic E-state index is -1.59. The number of nitrogens with one attached hydrogen (secondary N) is 2. The van der Waals surface area contributed by atoms with Crippen LogP contribution in [0.5, 0.6) is 0 Å². The summed E-state index contributed by atoms with van der Waals surface area (Å²) in [6.07, 6.45) is 2.29. The fraction of sp³-hybridized carbons (Fsp3) is 0.462. The van der Waals surface area contributed by atoms with Crippen molar-refractivity contribution in [2.24, 2.45) is 5.92 Å². The van der Waals surface area contributed by atoms with Gasteiger partial charge in [0.25, 0.3) is 0 Å². The summed E-state index contributed by atoms with van der Waals surface area (Å²) in [5.74, 6) is -4.15. The molecule has 0 aromatic heterocycles. The van der Waals surface area contributed by atoms with E-state index in [1.807, 2.05) is 6.92 Å². The van der Waals surface area contributed by atoms with Crippen LogP contribution in [0, 0.1) is 23.4 Å². The van der Waals surface area contributed by atoms with Crippen LogP contribution >= 0.6 is 0 Å². The molecule has 1 fully saturated rings. The maximum absolute atomic E-state index is 13.3. The Labute approximate surface area is 109 Å². The van der Waals surface area contributed by atoms with Crippen LogP contribution in [-0.2, 0) is 4.79 Å². The fourth-order valence-electron chi connectivity index (χ4n) is 1.83. The predicted molar refractivity (Wildman–Crippen MR) is 65.1 cm³/mol. The Balaban J connectivity index is 1.89. The average molecular weight is 272 g/mol. The molecular formula is C13H15F3N2O. The number of amides is 1. The summed E-state index contributed by atoms with van der Waals surface area (Å²) >= 11 is 0. The molecule has 0 aliphatic heterocycles. The second-order valence-corrected chi connectivity index (χ2v) is 4.78. The monoisotopic (exact) mass is 272 g/mol. The van der Waals surface area contributed by atoms with E-state index in [0.29, 0.717) is 5.92 Å². The second kappa shape index (κ2) is 5.61. The molecule has 0 spiro atoms. The lowest BCUT2D eigenvalue weighted by molar-refractivity contribution is -0.115. The zero-order valence-electron chi connectivity index (χ0n) is 10.5. The highest BCUT2D eigenvalue weighted by Crippen LogP contribution is 2.32. The number of halogens is 3. The van der Waals surface area contributed by atoms with Crippen molar-refractivity contribution in [3.63, 3.8) is 0 Å². The van der Waals surface area contributed by atoms with Crippen molar-refractivity contribution in [2.45, 2.75) is 25.8 Å². The van der Waals surface area contributed by atoms with Gasteiger partial charge in [0, 0.05) is 6.04 Å². The number of anilines is 1. The van der Waals surface area contributed by atoms with Gasteiger partial charge in [-0.3, -0.25) is 4.79 Å². The van der Waals surface area contributed by atoms with E-state index in [2.05, 4.69) is 10.6 Å². The fourth-order valence-corrected chi connectivity index (χ4v) is 1.83. The zero-order valence-corrected chi connectivity index (χ0v) is 10.5. The van der Waals surface area contributed by atoms with E-state index in [9.17, 15) is 18.0 Å². The van der Waals surface area contributed by atoms with Crippen LogP contribution in [0.2, 0.25) is 0 Å². The minimum Gasteiger partial charge on any atom is -0.322 e. The number of benzene rings is 1. The summed E-state index contributed by atoms with van der Waals surface area (Å²) in [5, 5.41) is 5.22. The molecule has 0 heterocycles. The average Bonchev–Trinajstić information content (AvgIpc) is 3.21. The van der Waals surface area contributed by atoms with Gasteiger partial charge >= 0.3 is 0 Å². The van der Waals surface area contributed by atoms with Crippen LogP contribution in [0.1, 0.15) is 19.8 Å². The third kappa shape index (κ3) is 3.47. The van der Waals surface area contributed by atoms with Gasteiger partial charge in [-0.15, -0.1) is 0 Å². The van der Waals surface area contributed by atoms with Crippen LogP contribution in [-0.4, -0.2) is 18.5 Å². The van der Waals surface area contributed by atoms with Crippen molar-refractivity contribution < 1.29 is 18.0 Å². The SMILES string of the molecule is CC(NCC(=O)Nc1ccc(F)c(F)c1F)C1CC1. The van der Waals surface area contributed by atoms with Gasteiger partial charge in [-0.1, -0.05) is 0 Å². The molecule has 0 radical (unpaired) electrons. The predicted octanol–water partition coefficient (Wildman–Crippen LogP) is 2.43. The first-order chi connectivity index (χ1) is 8.99. The Morgan fingerprint density at radius 3 is 2.63 bits per heavy atom. The lowest BCUT2D eigenvalue weighted by Crippen LogP contribution is -2.35. The highest BCUT2D eigenvalue weighted by molar-refractivity contribution is 5.92. The van der Waals surface area contributed by atoms with Gasteiger partial charge in [-0.25, -0.2) is 13.2 Å². The van der Waals surface area contributed by atoms with Crippen molar-refractivity contribution in [3.05, 3.63) is 29.6 Å². The first-order valence-corrected chi connectivity index (χ1v) is 6.15. The molecule has 104 valence electrons. The normalized spacial score (nSPS) is 16.2. The Morgan fingerprint density at radius 2 is 2.00 bits per heavy atom. The molecule has 2 rings (SSSR count). The summed E-state index contributed by atoms with van der Waals surface area (Å²) in [4.78, 5) is 11.6. The van der Waals surface area contributed by atoms with Crippen molar-refractivity contribution in [1.82, 2.24) is 5.32 Å². The molecule has 3 nitrogen and oxygen atoms in total. The van der Waals surface area contributed by atoms with E-state index in [1.165, 1.54) is 0 Å². The van der Waals surface area contributed by atoms with E-state index < -0.39 is 23.4 Å². The summed E-state index contributed by atoms with van der Waals surface area (Å²) in [6, 6.07) is 1.99. The van der Waals surface area contributed by atoms with Crippen molar-refractivity contribution >= 4 is 11.6 Å². The van der Waals surface area contributed by atoms with E-state index in [-0.39, 0.29) is 18.3 Å². The number of hydrogen-bond acceptors (Lipinski definition) is 2. The third-order valence-corrected chi connectivity index (χ3v) is 3.22. The van der Waals surface area contributed by atoms with Crippen LogP contribution in [0.25, 0.3) is 0 Å². The first-order valence-electron chi connectivity index (χ1n) is 6.15. The van der Waals surface area contributed by atoms with Gasteiger partial charge in [-0.2, -0.15) is 0 Å². The molecule has 2 N–H and O–H groups in total. The van der Waals surface area contributed by atoms with Crippen molar-refractivity contribution in [1.29, 1.82) is 0 Å². The first kappa shape index (κ1) is 13.9. The molecule has 1 aliphatic carbocycles. The highest BCUT2D eigenvalue weighted by Gasteiger charge is 2.27. The standard InChI is InChI=1S/C13H15F3N2O/c1-7(8-2-3-8)17-6-11(19)18-10-5-4-9(14)12(15)13(10)16/h4-5,7-8,17H,2-3,6H2,1H3,(H,18,19). The van der Waals surface area contributed by atoms with Crippen molar-refractivity contribution in [2.75, 3.05) is 11.9 Å². The van der Waals surface area contributed by atoms with Gasteiger partial charge in [0.1, 0.15) is 0 Å². The highest BCUT2D eigenvalue weighted by atomic mass is 19.2. The third-order valence-electron chi connectivity index (χ3n) is 3.22. The van der Waals surface area contributed by atoms with Gasteiger partial charge in [0.15, 0.2) is 17.5 Å². The van der Waals surface area contributed by atoms with Gasteiger partial charge in [-0.05, 0) is 37.8 Å². The lowest BCUT2D eigenvalue weighted by atomic mass is 10.2. The Bertz CT molecular complexity index is 489. The van der Waals surface area contributed by atoms with Gasteiger partial charge in [0.05, 0.1) is 12.2 Å². The van der Waals surface area contributed by atoms with Crippen LogP contribution < -0.4 is 10.6 Å². The summed E-state index contributed by atoms with van der Waals surface area (Å²) < 4.78 is 39.0. The number of carbonyl (C=O) groups excluding carboxylic acids is 1. The smallest absolute Gasteiger partial charge is 0.238 e. The lowest BCUT2D eigenvalue weighted by Gasteiger charge is -2.13. The molecular weight excluding hydrogens is 257 g/mol. The van der Waals surface area contributed by atoms with E-state index in [0.717, 1.165) is 25.0 Å².